The molecule has 1 aliphatic rings. The van der Waals surface area contributed by atoms with Crippen LogP contribution < -0.4 is 5.32 Å². The Hall–Kier alpha value is -2.66. The maximum Gasteiger partial charge on any atom is 0.254 e. The molecule has 136 valence electrons. The lowest BCUT2D eigenvalue weighted by Crippen LogP contribution is -2.50. The number of carbonyl (C=O) groups excluding carboxylic acids is 2. The maximum absolute atomic E-state index is 12.8. The Labute approximate surface area is 154 Å². The normalized spacial score (nSPS) is 14.9. The third-order valence-corrected chi connectivity index (χ3v) is 4.92. The summed E-state index contributed by atoms with van der Waals surface area (Å²) in [5.41, 5.74) is 3.76. The SMILES string of the molecule is Cc1cccc(C(=O)N2CCN(CC(=O)Nc3ccccc3)CC2)c1C. The first-order chi connectivity index (χ1) is 12.5. The molecule has 0 radical (unpaired) electrons. The molecule has 0 spiro atoms. The minimum Gasteiger partial charge on any atom is -0.336 e. The van der Waals surface area contributed by atoms with Gasteiger partial charge in [0.15, 0.2) is 0 Å². The molecule has 2 amide bonds. The van der Waals surface area contributed by atoms with Crippen LogP contribution in [0, 0.1) is 13.8 Å². The molecule has 0 atom stereocenters. The number of benzene rings is 2. The molecule has 0 aromatic heterocycles. The predicted octanol–water partition coefficient (Wildman–Crippen LogP) is 2.70. The molecular formula is C21H25N3O2. The highest BCUT2D eigenvalue weighted by molar-refractivity contribution is 5.96. The van der Waals surface area contributed by atoms with E-state index >= 15 is 0 Å². The van der Waals surface area contributed by atoms with Crippen LogP contribution in [0.3, 0.4) is 0 Å². The quantitative estimate of drug-likeness (QED) is 0.921. The number of nitrogens with zero attached hydrogens (tertiary/aromatic N) is 2. The highest BCUT2D eigenvalue weighted by atomic mass is 16.2. The van der Waals surface area contributed by atoms with Gasteiger partial charge in [-0.3, -0.25) is 14.5 Å². The lowest BCUT2D eigenvalue weighted by atomic mass is 10.0. The highest BCUT2D eigenvalue weighted by Gasteiger charge is 2.24. The van der Waals surface area contributed by atoms with Gasteiger partial charge in [0.1, 0.15) is 0 Å². The van der Waals surface area contributed by atoms with Gasteiger partial charge in [-0.25, -0.2) is 0 Å². The average Bonchev–Trinajstić information content (AvgIpc) is 2.65. The topological polar surface area (TPSA) is 52.7 Å². The van der Waals surface area contributed by atoms with E-state index in [9.17, 15) is 9.59 Å². The second-order valence-electron chi connectivity index (χ2n) is 6.73. The van der Waals surface area contributed by atoms with Gasteiger partial charge in [0, 0.05) is 37.4 Å². The number of para-hydroxylation sites is 1. The van der Waals surface area contributed by atoms with Crippen LogP contribution in [-0.2, 0) is 4.79 Å². The molecule has 2 aromatic rings. The molecule has 1 N–H and O–H groups in total. The van der Waals surface area contributed by atoms with Crippen molar-refractivity contribution in [1.29, 1.82) is 0 Å². The molecule has 1 heterocycles. The molecular weight excluding hydrogens is 326 g/mol. The van der Waals surface area contributed by atoms with Gasteiger partial charge in [0.25, 0.3) is 5.91 Å². The first-order valence-electron chi connectivity index (χ1n) is 8.97. The van der Waals surface area contributed by atoms with Crippen molar-refractivity contribution in [3.63, 3.8) is 0 Å². The lowest BCUT2D eigenvalue weighted by Gasteiger charge is -2.34. The van der Waals surface area contributed by atoms with Gasteiger partial charge in [-0.15, -0.1) is 0 Å². The first-order valence-corrected chi connectivity index (χ1v) is 8.97. The van der Waals surface area contributed by atoms with Crippen molar-refractivity contribution in [2.75, 3.05) is 38.0 Å². The summed E-state index contributed by atoms with van der Waals surface area (Å²) < 4.78 is 0. The highest BCUT2D eigenvalue weighted by Crippen LogP contribution is 2.16. The van der Waals surface area contributed by atoms with E-state index in [1.165, 1.54) is 0 Å². The molecule has 0 aliphatic carbocycles. The first kappa shape index (κ1) is 18.1. The molecule has 1 fully saturated rings. The van der Waals surface area contributed by atoms with E-state index in [-0.39, 0.29) is 11.8 Å². The molecule has 2 aromatic carbocycles. The molecule has 0 bridgehead atoms. The molecule has 26 heavy (non-hydrogen) atoms. The number of hydrogen-bond acceptors (Lipinski definition) is 3. The second-order valence-corrected chi connectivity index (χ2v) is 6.73. The number of hydrogen-bond donors (Lipinski definition) is 1. The Morgan fingerprint density at radius 3 is 2.31 bits per heavy atom. The number of piperazine rings is 1. The summed E-state index contributed by atoms with van der Waals surface area (Å²) in [5, 5.41) is 2.90. The molecule has 3 rings (SSSR count). The Balaban J connectivity index is 1.52. The summed E-state index contributed by atoms with van der Waals surface area (Å²) in [5.74, 6) is 0.0603. The predicted molar refractivity (Wildman–Crippen MR) is 103 cm³/mol. The summed E-state index contributed by atoms with van der Waals surface area (Å²) in [6.45, 7) is 7.07. The van der Waals surface area contributed by atoms with E-state index < -0.39 is 0 Å². The minimum absolute atomic E-state index is 0.0227. The zero-order valence-electron chi connectivity index (χ0n) is 15.4. The van der Waals surface area contributed by atoms with E-state index in [1.54, 1.807) is 0 Å². The van der Waals surface area contributed by atoms with E-state index in [2.05, 4.69) is 10.2 Å². The zero-order valence-corrected chi connectivity index (χ0v) is 15.4. The summed E-state index contributed by atoms with van der Waals surface area (Å²) in [6.07, 6.45) is 0. The molecule has 5 heteroatoms. The van der Waals surface area contributed by atoms with Crippen molar-refractivity contribution in [3.8, 4) is 0 Å². The fourth-order valence-corrected chi connectivity index (χ4v) is 3.19. The Morgan fingerprint density at radius 1 is 0.923 bits per heavy atom. The summed E-state index contributed by atoms with van der Waals surface area (Å²) >= 11 is 0. The molecule has 1 saturated heterocycles. The monoisotopic (exact) mass is 351 g/mol. The number of carbonyl (C=O) groups is 2. The van der Waals surface area contributed by atoms with Gasteiger partial charge in [-0.05, 0) is 43.2 Å². The number of aryl methyl sites for hydroxylation is 1. The van der Waals surface area contributed by atoms with Gasteiger partial charge >= 0.3 is 0 Å². The molecule has 5 nitrogen and oxygen atoms in total. The van der Waals surface area contributed by atoms with Gasteiger partial charge in [-0.1, -0.05) is 30.3 Å². The van der Waals surface area contributed by atoms with Crippen molar-refractivity contribution >= 4 is 17.5 Å². The third kappa shape index (κ3) is 4.29. The third-order valence-electron chi connectivity index (χ3n) is 4.92. The van der Waals surface area contributed by atoms with Crippen LogP contribution in [0.4, 0.5) is 5.69 Å². The van der Waals surface area contributed by atoms with Crippen molar-refractivity contribution in [1.82, 2.24) is 9.80 Å². The Kier molecular flexibility index (Phi) is 5.68. The van der Waals surface area contributed by atoms with Crippen LogP contribution in [0.1, 0.15) is 21.5 Å². The van der Waals surface area contributed by atoms with Crippen molar-refractivity contribution in [3.05, 3.63) is 65.2 Å². The van der Waals surface area contributed by atoms with Crippen LogP contribution in [0.5, 0.6) is 0 Å². The van der Waals surface area contributed by atoms with E-state index in [0.29, 0.717) is 32.7 Å². The van der Waals surface area contributed by atoms with Crippen LogP contribution in [0.2, 0.25) is 0 Å². The van der Waals surface area contributed by atoms with E-state index in [1.807, 2.05) is 67.3 Å². The fraction of sp³-hybridized carbons (Fsp3) is 0.333. The summed E-state index contributed by atoms with van der Waals surface area (Å²) in [4.78, 5) is 28.9. The summed E-state index contributed by atoms with van der Waals surface area (Å²) in [7, 11) is 0. The number of nitrogens with one attached hydrogen (secondary N) is 1. The van der Waals surface area contributed by atoms with E-state index in [4.69, 9.17) is 0 Å². The van der Waals surface area contributed by atoms with Crippen molar-refractivity contribution < 1.29 is 9.59 Å². The largest absolute Gasteiger partial charge is 0.336 e. The standard InChI is InChI=1S/C21H25N3O2/c1-16-7-6-10-19(17(16)2)21(26)24-13-11-23(12-14-24)15-20(25)22-18-8-4-3-5-9-18/h3-10H,11-15H2,1-2H3,(H,22,25). The maximum atomic E-state index is 12.8. The van der Waals surface area contributed by atoms with Crippen LogP contribution in [-0.4, -0.2) is 54.3 Å². The lowest BCUT2D eigenvalue weighted by molar-refractivity contribution is -0.117. The number of anilines is 1. The molecule has 0 unspecified atom stereocenters. The molecule has 0 saturated carbocycles. The van der Waals surface area contributed by atoms with Crippen LogP contribution in [0.15, 0.2) is 48.5 Å². The minimum atomic E-state index is -0.0227. The average molecular weight is 351 g/mol. The van der Waals surface area contributed by atoms with Crippen LogP contribution >= 0.6 is 0 Å². The number of rotatable bonds is 4. The number of amides is 2. The fourth-order valence-electron chi connectivity index (χ4n) is 3.19. The summed E-state index contributed by atoms with van der Waals surface area (Å²) in [6, 6.07) is 15.3. The van der Waals surface area contributed by atoms with Gasteiger partial charge < -0.3 is 10.2 Å². The zero-order chi connectivity index (χ0) is 18.5. The van der Waals surface area contributed by atoms with Crippen molar-refractivity contribution in [2.24, 2.45) is 0 Å². The smallest absolute Gasteiger partial charge is 0.254 e. The molecule has 1 aliphatic heterocycles. The van der Waals surface area contributed by atoms with Crippen molar-refractivity contribution in [2.45, 2.75) is 13.8 Å². The Bertz CT molecular complexity index is 781. The van der Waals surface area contributed by atoms with E-state index in [0.717, 1.165) is 22.4 Å². The second kappa shape index (κ2) is 8.15. The van der Waals surface area contributed by atoms with Crippen LogP contribution in [0.25, 0.3) is 0 Å². The van der Waals surface area contributed by atoms with Gasteiger partial charge in [0.05, 0.1) is 6.54 Å². The Morgan fingerprint density at radius 2 is 1.62 bits per heavy atom. The van der Waals surface area contributed by atoms with Gasteiger partial charge in [0.2, 0.25) is 5.91 Å². The van der Waals surface area contributed by atoms with Gasteiger partial charge in [-0.2, -0.15) is 0 Å².